The van der Waals surface area contributed by atoms with Crippen LogP contribution in [-0.2, 0) is 4.74 Å². The number of carbonyl (C=O) groups is 1. The topological polar surface area (TPSA) is 53.3 Å². The first-order valence-corrected chi connectivity index (χ1v) is 4.51. The first-order chi connectivity index (χ1) is 6.29. The monoisotopic (exact) mass is 182 g/mol. The van der Waals surface area contributed by atoms with E-state index < -0.39 is 0 Å². The molecule has 1 fully saturated rings. The Bertz CT molecular complexity index is 216. The summed E-state index contributed by atoms with van der Waals surface area (Å²) in [6, 6.07) is 2.20. The van der Waals surface area contributed by atoms with Crippen LogP contribution in [0.15, 0.2) is 0 Å². The molecule has 0 unspecified atom stereocenters. The number of hydrogen-bond donors (Lipinski definition) is 0. The molecule has 0 spiro atoms. The van der Waals surface area contributed by atoms with Gasteiger partial charge in [-0.2, -0.15) is 5.26 Å². The second-order valence-corrected chi connectivity index (χ2v) is 3.19. The van der Waals surface area contributed by atoms with Crippen molar-refractivity contribution in [2.45, 2.75) is 31.7 Å². The molecule has 0 aromatic rings. The van der Waals surface area contributed by atoms with Crippen molar-refractivity contribution in [3.63, 3.8) is 0 Å². The largest absolute Gasteiger partial charge is 0.453 e. The summed E-state index contributed by atoms with van der Waals surface area (Å²) in [4.78, 5) is 12.8. The molecule has 1 aliphatic carbocycles. The molecule has 0 heterocycles. The summed E-state index contributed by atoms with van der Waals surface area (Å²) in [5.74, 6) is 0. The van der Waals surface area contributed by atoms with Gasteiger partial charge in [0, 0.05) is 6.04 Å². The quantitative estimate of drug-likeness (QED) is 0.608. The fourth-order valence-corrected chi connectivity index (χ4v) is 1.75. The average molecular weight is 182 g/mol. The first kappa shape index (κ1) is 9.85. The summed E-state index contributed by atoms with van der Waals surface area (Å²) in [6.07, 6.45) is 3.90. The zero-order valence-electron chi connectivity index (χ0n) is 7.82. The van der Waals surface area contributed by atoms with E-state index in [0.29, 0.717) is 0 Å². The van der Waals surface area contributed by atoms with Crippen LogP contribution < -0.4 is 0 Å². The van der Waals surface area contributed by atoms with Crippen molar-refractivity contribution in [2.75, 3.05) is 13.7 Å². The molecule has 0 aromatic heterocycles. The minimum Gasteiger partial charge on any atom is -0.453 e. The number of nitriles is 1. The van der Waals surface area contributed by atoms with Gasteiger partial charge in [0.05, 0.1) is 13.2 Å². The van der Waals surface area contributed by atoms with Crippen LogP contribution in [0.1, 0.15) is 25.7 Å². The Hall–Kier alpha value is -1.24. The van der Waals surface area contributed by atoms with E-state index in [-0.39, 0.29) is 18.7 Å². The number of methoxy groups -OCH3 is 1. The Morgan fingerprint density at radius 3 is 2.69 bits per heavy atom. The number of amides is 1. The van der Waals surface area contributed by atoms with Gasteiger partial charge < -0.3 is 4.74 Å². The Morgan fingerprint density at radius 1 is 1.62 bits per heavy atom. The van der Waals surface area contributed by atoms with Gasteiger partial charge in [-0.1, -0.05) is 12.8 Å². The highest BCUT2D eigenvalue weighted by molar-refractivity contribution is 5.68. The molecule has 0 aromatic carbocycles. The van der Waals surface area contributed by atoms with Gasteiger partial charge >= 0.3 is 6.09 Å². The van der Waals surface area contributed by atoms with E-state index >= 15 is 0 Å². The summed E-state index contributed by atoms with van der Waals surface area (Å²) in [6.45, 7) is 0.136. The number of ether oxygens (including phenoxy) is 1. The third-order valence-corrected chi connectivity index (χ3v) is 2.42. The van der Waals surface area contributed by atoms with E-state index in [9.17, 15) is 4.79 Å². The summed E-state index contributed by atoms with van der Waals surface area (Å²) in [5, 5.41) is 8.54. The zero-order chi connectivity index (χ0) is 9.68. The van der Waals surface area contributed by atoms with E-state index in [1.54, 1.807) is 0 Å². The van der Waals surface area contributed by atoms with Gasteiger partial charge in [-0.3, -0.25) is 4.90 Å². The van der Waals surface area contributed by atoms with E-state index in [4.69, 9.17) is 5.26 Å². The molecular formula is C9H14N2O2. The van der Waals surface area contributed by atoms with Gasteiger partial charge in [0.1, 0.15) is 6.54 Å². The molecule has 13 heavy (non-hydrogen) atoms. The van der Waals surface area contributed by atoms with Crippen molar-refractivity contribution < 1.29 is 9.53 Å². The van der Waals surface area contributed by atoms with Crippen LogP contribution in [0.3, 0.4) is 0 Å². The highest BCUT2D eigenvalue weighted by atomic mass is 16.5. The molecular weight excluding hydrogens is 168 g/mol. The fraction of sp³-hybridized carbons (Fsp3) is 0.778. The number of carbonyl (C=O) groups excluding carboxylic acids is 1. The van der Waals surface area contributed by atoms with E-state index in [2.05, 4.69) is 4.74 Å². The first-order valence-electron chi connectivity index (χ1n) is 4.51. The molecule has 1 amide bonds. The van der Waals surface area contributed by atoms with Crippen molar-refractivity contribution in [2.24, 2.45) is 0 Å². The Labute approximate surface area is 78.1 Å². The van der Waals surface area contributed by atoms with Crippen molar-refractivity contribution in [1.82, 2.24) is 4.90 Å². The van der Waals surface area contributed by atoms with Gasteiger partial charge in [-0.25, -0.2) is 4.79 Å². The van der Waals surface area contributed by atoms with Gasteiger partial charge in [0.15, 0.2) is 0 Å². The Balaban J connectivity index is 2.55. The third-order valence-electron chi connectivity index (χ3n) is 2.42. The van der Waals surface area contributed by atoms with Gasteiger partial charge in [-0.15, -0.1) is 0 Å². The fourth-order valence-electron chi connectivity index (χ4n) is 1.75. The van der Waals surface area contributed by atoms with Crippen molar-refractivity contribution in [3.05, 3.63) is 0 Å². The van der Waals surface area contributed by atoms with Gasteiger partial charge in [-0.05, 0) is 12.8 Å². The molecule has 0 bridgehead atoms. The molecule has 0 radical (unpaired) electrons. The second kappa shape index (κ2) is 4.70. The molecule has 1 saturated carbocycles. The smallest absolute Gasteiger partial charge is 0.410 e. The molecule has 0 N–H and O–H groups in total. The standard InChI is InChI=1S/C9H14N2O2/c1-13-9(12)11(7-6-10)8-4-2-3-5-8/h8H,2-5,7H2,1H3. The maximum Gasteiger partial charge on any atom is 0.410 e. The van der Waals surface area contributed by atoms with E-state index in [0.717, 1.165) is 25.7 Å². The number of rotatable bonds is 2. The molecule has 4 heteroatoms. The van der Waals surface area contributed by atoms with Crippen LogP contribution in [0.2, 0.25) is 0 Å². The Morgan fingerprint density at radius 2 is 2.23 bits per heavy atom. The molecule has 72 valence electrons. The Kier molecular flexibility index (Phi) is 3.56. The maximum absolute atomic E-state index is 11.2. The minimum absolute atomic E-state index is 0.136. The predicted molar refractivity (Wildman–Crippen MR) is 47.0 cm³/mol. The lowest BCUT2D eigenvalue weighted by atomic mass is 10.2. The highest BCUT2D eigenvalue weighted by Gasteiger charge is 2.26. The van der Waals surface area contributed by atoms with Crippen molar-refractivity contribution in [1.29, 1.82) is 5.26 Å². The van der Waals surface area contributed by atoms with Crippen LogP contribution in [0, 0.1) is 11.3 Å². The van der Waals surface area contributed by atoms with Crippen LogP contribution in [0.25, 0.3) is 0 Å². The molecule has 4 nitrogen and oxygen atoms in total. The van der Waals surface area contributed by atoms with Crippen LogP contribution >= 0.6 is 0 Å². The lowest BCUT2D eigenvalue weighted by Gasteiger charge is -2.24. The molecule has 1 rings (SSSR count). The summed E-state index contributed by atoms with van der Waals surface area (Å²) < 4.78 is 4.61. The van der Waals surface area contributed by atoms with Gasteiger partial charge in [0.25, 0.3) is 0 Å². The maximum atomic E-state index is 11.2. The second-order valence-electron chi connectivity index (χ2n) is 3.19. The molecule has 0 atom stereocenters. The number of nitrogens with zero attached hydrogens (tertiary/aromatic N) is 2. The lowest BCUT2D eigenvalue weighted by molar-refractivity contribution is 0.112. The predicted octanol–water partition coefficient (Wildman–Crippen LogP) is 1.52. The molecule has 0 saturated heterocycles. The summed E-state index contributed by atoms with van der Waals surface area (Å²) in [7, 11) is 1.35. The average Bonchev–Trinajstić information content (AvgIpc) is 2.65. The SMILES string of the molecule is COC(=O)N(CC#N)C1CCCC1. The van der Waals surface area contributed by atoms with Crippen LogP contribution in [0.4, 0.5) is 4.79 Å². The van der Waals surface area contributed by atoms with Crippen LogP contribution in [0.5, 0.6) is 0 Å². The number of hydrogen-bond acceptors (Lipinski definition) is 3. The normalized spacial score (nSPS) is 16.6. The van der Waals surface area contributed by atoms with Crippen molar-refractivity contribution >= 4 is 6.09 Å². The molecule has 0 aliphatic heterocycles. The highest BCUT2D eigenvalue weighted by Crippen LogP contribution is 2.23. The molecule has 1 aliphatic rings. The van der Waals surface area contributed by atoms with Crippen LogP contribution in [-0.4, -0.2) is 30.7 Å². The minimum atomic E-state index is -0.381. The zero-order valence-corrected chi connectivity index (χ0v) is 7.82. The third kappa shape index (κ3) is 2.35. The van der Waals surface area contributed by atoms with E-state index in [1.807, 2.05) is 6.07 Å². The van der Waals surface area contributed by atoms with E-state index in [1.165, 1.54) is 12.0 Å². The summed E-state index contributed by atoms with van der Waals surface area (Å²) in [5.41, 5.74) is 0. The van der Waals surface area contributed by atoms with Gasteiger partial charge in [0.2, 0.25) is 0 Å². The summed E-state index contributed by atoms with van der Waals surface area (Å²) >= 11 is 0. The lowest BCUT2D eigenvalue weighted by Crippen LogP contribution is -2.38. The van der Waals surface area contributed by atoms with Crippen molar-refractivity contribution in [3.8, 4) is 6.07 Å².